The zero-order valence-electron chi connectivity index (χ0n) is 13.5. The molecule has 1 aliphatic heterocycles. The van der Waals surface area contributed by atoms with Gasteiger partial charge in [0, 0.05) is 18.8 Å². The second-order valence-electron chi connectivity index (χ2n) is 5.35. The molecule has 1 fully saturated rings. The molecule has 11 heteroatoms. The third-order valence-electron chi connectivity index (χ3n) is 3.57. The van der Waals surface area contributed by atoms with Crippen molar-refractivity contribution in [3.05, 3.63) is 24.0 Å². The lowest BCUT2D eigenvalue weighted by Crippen LogP contribution is -2.50. The Morgan fingerprint density at radius 3 is 2.62 bits per heavy atom. The minimum atomic E-state index is -3.31. The number of hydrogen-bond donors (Lipinski definition) is 3. The number of hydrogen-bond acceptors (Lipinski definition) is 5. The van der Waals surface area contributed by atoms with Crippen LogP contribution in [0.1, 0.15) is 0 Å². The maximum Gasteiger partial charge on any atom is 0.315 e. The highest BCUT2D eigenvalue weighted by Gasteiger charge is 2.25. The largest absolute Gasteiger partial charge is 0.370 e. The molecule has 0 bridgehead atoms. The summed E-state index contributed by atoms with van der Waals surface area (Å²) in [4.78, 5) is 36.0. The molecule has 1 heterocycles. The number of carbonyl (C=O) groups is 3. The SMILES string of the molecule is NC[C@@H](NC(=O)C(F)F)C(=O)Nc1ccc(N2CCOCC2=O)cc1F. The Kier molecular flexibility index (Phi) is 6.52. The molecule has 142 valence electrons. The van der Waals surface area contributed by atoms with E-state index in [-0.39, 0.29) is 30.4 Å². The number of benzene rings is 1. The molecule has 1 atom stereocenters. The van der Waals surface area contributed by atoms with Gasteiger partial charge in [-0.25, -0.2) is 4.39 Å². The molecule has 0 saturated carbocycles. The van der Waals surface area contributed by atoms with E-state index in [4.69, 9.17) is 10.5 Å². The first-order valence-electron chi connectivity index (χ1n) is 7.60. The van der Waals surface area contributed by atoms with Crippen LogP contribution in [-0.2, 0) is 19.1 Å². The van der Waals surface area contributed by atoms with E-state index in [9.17, 15) is 27.6 Å². The lowest BCUT2D eigenvalue weighted by Gasteiger charge is -2.27. The van der Waals surface area contributed by atoms with Crippen LogP contribution >= 0.6 is 0 Å². The maximum absolute atomic E-state index is 14.2. The number of alkyl halides is 2. The van der Waals surface area contributed by atoms with Gasteiger partial charge in [-0.2, -0.15) is 8.78 Å². The highest BCUT2D eigenvalue weighted by molar-refractivity contribution is 5.98. The number of halogens is 3. The van der Waals surface area contributed by atoms with Gasteiger partial charge in [0.15, 0.2) is 0 Å². The molecule has 1 saturated heterocycles. The molecule has 26 heavy (non-hydrogen) atoms. The van der Waals surface area contributed by atoms with Gasteiger partial charge in [0.1, 0.15) is 18.5 Å². The number of nitrogens with two attached hydrogens (primary N) is 1. The van der Waals surface area contributed by atoms with E-state index in [1.165, 1.54) is 17.0 Å². The van der Waals surface area contributed by atoms with Gasteiger partial charge in [0.2, 0.25) is 5.91 Å². The van der Waals surface area contributed by atoms with Crippen LogP contribution in [0.15, 0.2) is 18.2 Å². The summed E-state index contributed by atoms with van der Waals surface area (Å²) in [6, 6.07) is 2.23. The van der Waals surface area contributed by atoms with Gasteiger partial charge in [0.05, 0.1) is 12.3 Å². The molecule has 0 aliphatic carbocycles. The van der Waals surface area contributed by atoms with E-state index in [1.54, 1.807) is 5.32 Å². The van der Waals surface area contributed by atoms with Crippen LogP contribution in [0.2, 0.25) is 0 Å². The molecule has 0 unspecified atom stereocenters. The summed E-state index contributed by atoms with van der Waals surface area (Å²) in [5, 5.41) is 3.92. The molecule has 1 aromatic carbocycles. The Labute approximate surface area is 146 Å². The molecule has 4 N–H and O–H groups in total. The monoisotopic (exact) mass is 374 g/mol. The number of ether oxygens (including phenoxy) is 1. The molecule has 0 aromatic heterocycles. The van der Waals surface area contributed by atoms with Crippen molar-refractivity contribution >= 4 is 29.1 Å². The molecular formula is C15H17F3N4O4. The van der Waals surface area contributed by atoms with Crippen molar-refractivity contribution in [2.75, 3.05) is 36.5 Å². The average molecular weight is 374 g/mol. The van der Waals surface area contributed by atoms with Crippen LogP contribution in [0, 0.1) is 5.82 Å². The normalized spacial score (nSPS) is 15.7. The first-order valence-corrected chi connectivity index (χ1v) is 7.60. The predicted octanol–water partition coefficient (Wildman–Crippen LogP) is -0.164. The molecule has 1 aliphatic rings. The van der Waals surface area contributed by atoms with Crippen molar-refractivity contribution in [3.8, 4) is 0 Å². The molecule has 0 radical (unpaired) electrons. The molecular weight excluding hydrogens is 357 g/mol. The van der Waals surface area contributed by atoms with E-state index in [2.05, 4.69) is 5.32 Å². The minimum Gasteiger partial charge on any atom is -0.370 e. The van der Waals surface area contributed by atoms with Crippen LogP contribution in [0.3, 0.4) is 0 Å². The second-order valence-corrected chi connectivity index (χ2v) is 5.35. The van der Waals surface area contributed by atoms with E-state index in [1.807, 2.05) is 0 Å². The van der Waals surface area contributed by atoms with Crippen LogP contribution in [0.4, 0.5) is 24.5 Å². The van der Waals surface area contributed by atoms with Gasteiger partial charge in [-0.3, -0.25) is 14.4 Å². The van der Waals surface area contributed by atoms with E-state index < -0.39 is 36.6 Å². The van der Waals surface area contributed by atoms with Crippen molar-refractivity contribution < 1.29 is 32.3 Å². The predicted molar refractivity (Wildman–Crippen MR) is 85.2 cm³/mol. The highest BCUT2D eigenvalue weighted by Crippen LogP contribution is 2.23. The van der Waals surface area contributed by atoms with Gasteiger partial charge < -0.3 is 26.0 Å². The first-order chi connectivity index (χ1) is 12.3. The van der Waals surface area contributed by atoms with Gasteiger partial charge in [-0.1, -0.05) is 0 Å². The number of rotatable bonds is 6. The van der Waals surface area contributed by atoms with Gasteiger partial charge in [0.25, 0.3) is 11.8 Å². The molecule has 1 aromatic rings. The third kappa shape index (κ3) is 4.70. The number of anilines is 2. The van der Waals surface area contributed by atoms with Crippen LogP contribution < -0.4 is 21.3 Å². The lowest BCUT2D eigenvalue weighted by atomic mass is 10.2. The quantitative estimate of drug-likeness (QED) is 0.640. The Morgan fingerprint density at radius 1 is 1.31 bits per heavy atom. The standard InChI is InChI=1S/C15H17F3N4O4/c16-9-5-8(22-3-4-26-7-12(22)23)1-2-10(9)20-14(24)11(6-19)21-15(25)13(17)18/h1-2,5,11,13H,3-4,6-7,19H2,(H,20,24)(H,21,25)/t11-/m1/s1. The van der Waals surface area contributed by atoms with E-state index in [0.717, 1.165) is 6.07 Å². The van der Waals surface area contributed by atoms with E-state index >= 15 is 0 Å². The Hall–Kier alpha value is -2.66. The average Bonchev–Trinajstić information content (AvgIpc) is 2.61. The zero-order chi connectivity index (χ0) is 19.3. The molecule has 0 spiro atoms. The smallest absolute Gasteiger partial charge is 0.315 e. The number of nitrogens with zero attached hydrogens (tertiary/aromatic N) is 1. The topological polar surface area (TPSA) is 114 Å². The number of amides is 3. The number of nitrogens with one attached hydrogen (secondary N) is 2. The van der Waals surface area contributed by atoms with Crippen molar-refractivity contribution in [1.29, 1.82) is 0 Å². The molecule has 2 rings (SSSR count). The molecule has 3 amide bonds. The highest BCUT2D eigenvalue weighted by atomic mass is 19.3. The first kappa shape index (κ1) is 19.7. The van der Waals surface area contributed by atoms with Crippen LogP contribution in [0.5, 0.6) is 0 Å². The summed E-state index contributed by atoms with van der Waals surface area (Å²) in [5.41, 5.74) is 5.32. The van der Waals surface area contributed by atoms with Gasteiger partial charge >= 0.3 is 6.43 Å². The van der Waals surface area contributed by atoms with Crippen molar-refractivity contribution in [1.82, 2.24) is 5.32 Å². The summed E-state index contributed by atoms with van der Waals surface area (Å²) in [6.07, 6.45) is -3.31. The lowest BCUT2D eigenvalue weighted by molar-refractivity contribution is -0.134. The number of carbonyl (C=O) groups excluding carboxylic acids is 3. The Bertz CT molecular complexity index is 701. The maximum atomic E-state index is 14.2. The fraction of sp³-hybridized carbons (Fsp3) is 0.400. The van der Waals surface area contributed by atoms with Gasteiger partial charge in [-0.05, 0) is 18.2 Å². The zero-order valence-corrected chi connectivity index (χ0v) is 13.5. The summed E-state index contributed by atoms with van der Waals surface area (Å²) >= 11 is 0. The van der Waals surface area contributed by atoms with Crippen molar-refractivity contribution in [2.45, 2.75) is 12.5 Å². The number of morpholine rings is 1. The second kappa shape index (κ2) is 8.63. The fourth-order valence-corrected chi connectivity index (χ4v) is 2.25. The minimum absolute atomic E-state index is 0.109. The van der Waals surface area contributed by atoms with Crippen LogP contribution in [0.25, 0.3) is 0 Å². The van der Waals surface area contributed by atoms with Crippen LogP contribution in [-0.4, -0.2) is 56.5 Å². The van der Waals surface area contributed by atoms with Crippen molar-refractivity contribution in [2.24, 2.45) is 5.73 Å². The Morgan fingerprint density at radius 2 is 2.04 bits per heavy atom. The van der Waals surface area contributed by atoms with Crippen molar-refractivity contribution in [3.63, 3.8) is 0 Å². The summed E-state index contributed by atoms with van der Waals surface area (Å²) < 4.78 is 43.7. The summed E-state index contributed by atoms with van der Waals surface area (Å²) in [7, 11) is 0. The summed E-state index contributed by atoms with van der Waals surface area (Å²) in [6.45, 7) is 0.0150. The third-order valence-corrected chi connectivity index (χ3v) is 3.57. The fourth-order valence-electron chi connectivity index (χ4n) is 2.25. The molecule has 8 nitrogen and oxygen atoms in total. The van der Waals surface area contributed by atoms with E-state index in [0.29, 0.717) is 6.61 Å². The van der Waals surface area contributed by atoms with Gasteiger partial charge in [-0.15, -0.1) is 0 Å². The Balaban J connectivity index is 2.08. The summed E-state index contributed by atoms with van der Waals surface area (Å²) in [5.74, 6) is -3.77.